The Morgan fingerprint density at radius 1 is 1.50 bits per heavy atom. The number of nitrogens with two attached hydrogens (primary N) is 1. The van der Waals surface area contributed by atoms with E-state index < -0.39 is 0 Å². The third-order valence-corrected chi connectivity index (χ3v) is 2.88. The van der Waals surface area contributed by atoms with Gasteiger partial charge in [0, 0.05) is 26.7 Å². The van der Waals surface area contributed by atoms with Crippen molar-refractivity contribution in [2.24, 2.45) is 11.7 Å². The lowest BCUT2D eigenvalue weighted by molar-refractivity contribution is -0.123. The van der Waals surface area contributed by atoms with Crippen LogP contribution in [0.3, 0.4) is 0 Å². The lowest BCUT2D eigenvalue weighted by atomic mass is 9.88. The minimum atomic E-state index is -0.301. The van der Waals surface area contributed by atoms with Gasteiger partial charge < -0.3 is 15.8 Å². The molecule has 0 aromatic heterocycles. The molecule has 0 aliphatic rings. The van der Waals surface area contributed by atoms with Crippen molar-refractivity contribution in [1.82, 2.24) is 5.32 Å². The van der Waals surface area contributed by atoms with Gasteiger partial charge in [-0.05, 0) is 19.3 Å². The number of rotatable bonds is 7. The van der Waals surface area contributed by atoms with Crippen molar-refractivity contribution < 1.29 is 9.53 Å². The van der Waals surface area contributed by atoms with Crippen LogP contribution in [0.25, 0.3) is 0 Å². The van der Waals surface area contributed by atoms with Gasteiger partial charge in [-0.15, -0.1) is 12.4 Å². The largest absolute Gasteiger partial charge is 0.385 e. The highest BCUT2D eigenvalue weighted by Gasteiger charge is 2.27. The van der Waals surface area contributed by atoms with Crippen molar-refractivity contribution in [2.45, 2.75) is 39.2 Å². The Morgan fingerprint density at radius 2 is 2.06 bits per heavy atom. The zero-order valence-electron chi connectivity index (χ0n) is 10.7. The summed E-state index contributed by atoms with van der Waals surface area (Å²) in [5.41, 5.74) is 5.37. The first-order valence-corrected chi connectivity index (χ1v) is 5.46. The molecule has 4 nitrogen and oxygen atoms in total. The van der Waals surface area contributed by atoms with Crippen LogP contribution in [0.2, 0.25) is 0 Å². The summed E-state index contributed by atoms with van der Waals surface area (Å²) in [6, 6.07) is 0. The van der Waals surface area contributed by atoms with Crippen LogP contribution in [-0.2, 0) is 9.53 Å². The predicted molar refractivity (Wildman–Crippen MR) is 68.8 cm³/mol. The molecule has 0 aliphatic carbocycles. The SMILES string of the molecule is COCCCC(=O)NC(C)(CN)C(C)C.Cl. The molecule has 1 amide bonds. The predicted octanol–water partition coefficient (Wildman–Crippen LogP) is 1.32. The van der Waals surface area contributed by atoms with Crippen LogP contribution < -0.4 is 11.1 Å². The van der Waals surface area contributed by atoms with E-state index in [0.29, 0.717) is 25.5 Å². The van der Waals surface area contributed by atoms with Gasteiger partial charge >= 0.3 is 0 Å². The Hall–Kier alpha value is -0.320. The molecule has 0 heterocycles. The van der Waals surface area contributed by atoms with Crippen molar-refractivity contribution in [2.75, 3.05) is 20.3 Å². The number of hydrogen-bond acceptors (Lipinski definition) is 3. The quantitative estimate of drug-likeness (QED) is 0.672. The zero-order valence-corrected chi connectivity index (χ0v) is 11.5. The van der Waals surface area contributed by atoms with E-state index in [1.807, 2.05) is 6.92 Å². The van der Waals surface area contributed by atoms with Crippen LogP contribution in [0.4, 0.5) is 0 Å². The summed E-state index contributed by atoms with van der Waals surface area (Å²) < 4.78 is 4.89. The van der Waals surface area contributed by atoms with E-state index in [4.69, 9.17) is 10.5 Å². The number of halogens is 1. The van der Waals surface area contributed by atoms with Gasteiger partial charge in [0.25, 0.3) is 0 Å². The number of amides is 1. The van der Waals surface area contributed by atoms with E-state index in [0.717, 1.165) is 6.42 Å². The highest BCUT2D eigenvalue weighted by atomic mass is 35.5. The number of nitrogens with one attached hydrogen (secondary N) is 1. The zero-order chi connectivity index (χ0) is 11.9. The van der Waals surface area contributed by atoms with Crippen molar-refractivity contribution in [1.29, 1.82) is 0 Å². The average molecular weight is 253 g/mol. The normalized spacial score (nSPS) is 14.1. The second kappa shape index (κ2) is 8.79. The maximum absolute atomic E-state index is 11.6. The molecule has 1 atom stereocenters. The van der Waals surface area contributed by atoms with Gasteiger partial charge in [-0.3, -0.25) is 4.79 Å². The first kappa shape index (κ1) is 18.1. The summed E-state index contributed by atoms with van der Waals surface area (Å²) >= 11 is 0. The van der Waals surface area contributed by atoms with E-state index in [1.165, 1.54) is 0 Å². The van der Waals surface area contributed by atoms with E-state index >= 15 is 0 Å². The summed E-state index contributed by atoms with van der Waals surface area (Å²) in [7, 11) is 1.63. The molecule has 5 heteroatoms. The molecular weight excluding hydrogens is 228 g/mol. The fourth-order valence-electron chi connectivity index (χ4n) is 1.19. The fraction of sp³-hybridized carbons (Fsp3) is 0.909. The maximum Gasteiger partial charge on any atom is 0.220 e. The average Bonchev–Trinajstić information content (AvgIpc) is 2.17. The van der Waals surface area contributed by atoms with E-state index in [2.05, 4.69) is 19.2 Å². The molecule has 0 saturated heterocycles. The monoisotopic (exact) mass is 252 g/mol. The molecule has 0 spiro atoms. The third-order valence-electron chi connectivity index (χ3n) is 2.88. The van der Waals surface area contributed by atoms with Crippen LogP contribution in [0, 0.1) is 5.92 Å². The van der Waals surface area contributed by atoms with Gasteiger partial charge in [0.2, 0.25) is 5.91 Å². The molecule has 0 radical (unpaired) electrons. The molecule has 3 N–H and O–H groups in total. The minimum absolute atomic E-state index is 0. The highest BCUT2D eigenvalue weighted by molar-refractivity contribution is 5.85. The standard InChI is InChI=1S/C11H24N2O2.ClH/c1-9(2)11(3,8-12)13-10(14)6-5-7-15-4;/h9H,5-8,12H2,1-4H3,(H,13,14);1H. The number of ether oxygens (including phenoxy) is 1. The topological polar surface area (TPSA) is 64.3 Å². The molecular formula is C11H25ClN2O2. The summed E-state index contributed by atoms with van der Waals surface area (Å²) in [5.74, 6) is 0.377. The van der Waals surface area contributed by atoms with E-state index in [-0.39, 0.29) is 23.9 Å². The maximum atomic E-state index is 11.6. The third kappa shape index (κ3) is 6.30. The number of carbonyl (C=O) groups is 1. The van der Waals surface area contributed by atoms with Crippen molar-refractivity contribution in [3.05, 3.63) is 0 Å². The van der Waals surface area contributed by atoms with Crippen LogP contribution in [0.15, 0.2) is 0 Å². The van der Waals surface area contributed by atoms with E-state index in [1.54, 1.807) is 7.11 Å². The van der Waals surface area contributed by atoms with Gasteiger partial charge in [0.15, 0.2) is 0 Å². The Bertz CT molecular complexity index is 200. The smallest absolute Gasteiger partial charge is 0.220 e. The van der Waals surface area contributed by atoms with Crippen molar-refractivity contribution in [3.8, 4) is 0 Å². The van der Waals surface area contributed by atoms with Crippen LogP contribution >= 0.6 is 12.4 Å². The lowest BCUT2D eigenvalue weighted by Crippen LogP contribution is -2.55. The van der Waals surface area contributed by atoms with Crippen molar-refractivity contribution in [3.63, 3.8) is 0 Å². The summed E-state index contributed by atoms with van der Waals surface area (Å²) in [5, 5.41) is 2.98. The summed E-state index contributed by atoms with van der Waals surface area (Å²) in [4.78, 5) is 11.6. The van der Waals surface area contributed by atoms with Crippen LogP contribution in [0.5, 0.6) is 0 Å². The van der Waals surface area contributed by atoms with Crippen LogP contribution in [0.1, 0.15) is 33.6 Å². The molecule has 0 rings (SSSR count). The molecule has 0 saturated carbocycles. The molecule has 0 aromatic rings. The highest BCUT2D eigenvalue weighted by Crippen LogP contribution is 2.14. The summed E-state index contributed by atoms with van der Waals surface area (Å²) in [6.45, 7) is 7.17. The number of carbonyl (C=O) groups excluding carboxylic acids is 1. The lowest BCUT2D eigenvalue weighted by Gasteiger charge is -2.33. The van der Waals surface area contributed by atoms with Gasteiger partial charge in [-0.25, -0.2) is 0 Å². The van der Waals surface area contributed by atoms with E-state index in [9.17, 15) is 4.79 Å². The molecule has 0 bridgehead atoms. The van der Waals surface area contributed by atoms with Gasteiger partial charge in [-0.2, -0.15) is 0 Å². The molecule has 1 unspecified atom stereocenters. The molecule has 16 heavy (non-hydrogen) atoms. The molecule has 0 fully saturated rings. The molecule has 0 aliphatic heterocycles. The Morgan fingerprint density at radius 3 is 2.44 bits per heavy atom. The second-order valence-corrected chi connectivity index (χ2v) is 4.42. The van der Waals surface area contributed by atoms with Gasteiger partial charge in [0.05, 0.1) is 5.54 Å². The Balaban J connectivity index is 0. The number of methoxy groups -OCH3 is 1. The van der Waals surface area contributed by atoms with Gasteiger partial charge in [0.1, 0.15) is 0 Å². The Labute approximate surface area is 105 Å². The second-order valence-electron chi connectivity index (χ2n) is 4.42. The fourth-order valence-corrected chi connectivity index (χ4v) is 1.19. The first-order valence-electron chi connectivity index (χ1n) is 5.46. The molecule has 0 aromatic carbocycles. The van der Waals surface area contributed by atoms with Crippen molar-refractivity contribution >= 4 is 18.3 Å². The minimum Gasteiger partial charge on any atom is -0.385 e. The summed E-state index contributed by atoms with van der Waals surface area (Å²) in [6.07, 6.45) is 1.25. The van der Waals surface area contributed by atoms with Gasteiger partial charge in [-0.1, -0.05) is 13.8 Å². The number of hydrogen-bond donors (Lipinski definition) is 2. The molecule has 98 valence electrons. The Kier molecular flexibility index (Phi) is 9.92. The first-order chi connectivity index (χ1) is 6.96. The van der Waals surface area contributed by atoms with Crippen LogP contribution in [-0.4, -0.2) is 31.7 Å².